The van der Waals surface area contributed by atoms with E-state index in [0.717, 1.165) is 11.1 Å². The first-order valence-electron chi connectivity index (χ1n) is 6.28. The second-order valence-electron chi connectivity index (χ2n) is 4.45. The number of carboxylic acid groups (broad SMARTS) is 2. The number of amides is 2. The van der Waals surface area contributed by atoms with Crippen molar-refractivity contribution in [1.82, 2.24) is 15.6 Å². The third-order valence-electron chi connectivity index (χ3n) is 2.83. The molecule has 8 heteroatoms. The zero-order valence-corrected chi connectivity index (χ0v) is 11.5. The van der Waals surface area contributed by atoms with Crippen LogP contribution in [0.2, 0.25) is 0 Å². The van der Waals surface area contributed by atoms with Gasteiger partial charge < -0.3 is 20.8 Å². The zero-order valence-electron chi connectivity index (χ0n) is 11.5. The molecular weight excluding hydrogens is 278 g/mol. The minimum absolute atomic E-state index is 0.174. The van der Waals surface area contributed by atoms with Crippen molar-refractivity contribution in [3.63, 3.8) is 0 Å². The second-order valence-corrected chi connectivity index (χ2v) is 4.45. The maximum atomic E-state index is 11.6. The van der Waals surface area contributed by atoms with E-state index in [4.69, 9.17) is 10.2 Å². The molecule has 1 rings (SSSR count). The van der Waals surface area contributed by atoms with Gasteiger partial charge >= 0.3 is 18.0 Å². The molecule has 0 spiro atoms. The lowest BCUT2D eigenvalue weighted by atomic mass is 10.1. The number of hydrogen-bond donors (Lipinski definition) is 4. The van der Waals surface area contributed by atoms with Gasteiger partial charge in [0, 0.05) is 25.4 Å². The highest BCUT2D eigenvalue weighted by Gasteiger charge is 2.20. The Morgan fingerprint density at radius 1 is 1.33 bits per heavy atom. The monoisotopic (exact) mass is 295 g/mol. The van der Waals surface area contributed by atoms with Gasteiger partial charge in [0.25, 0.3) is 0 Å². The van der Waals surface area contributed by atoms with Crippen LogP contribution in [0.1, 0.15) is 24.0 Å². The number of nitrogens with one attached hydrogen (secondary N) is 2. The summed E-state index contributed by atoms with van der Waals surface area (Å²) in [5, 5.41) is 22.2. The molecule has 1 atom stereocenters. The summed E-state index contributed by atoms with van der Waals surface area (Å²) < 4.78 is 0. The van der Waals surface area contributed by atoms with Gasteiger partial charge in [-0.15, -0.1) is 0 Å². The summed E-state index contributed by atoms with van der Waals surface area (Å²) >= 11 is 0. The normalized spacial score (nSPS) is 11.5. The molecule has 0 aliphatic heterocycles. The molecule has 0 aromatic carbocycles. The molecule has 1 aromatic heterocycles. The largest absolute Gasteiger partial charge is 0.481 e. The lowest BCUT2D eigenvalue weighted by Crippen LogP contribution is -2.46. The van der Waals surface area contributed by atoms with Gasteiger partial charge in [0.05, 0.1) is 0 Å². The fraction of sp³-hybridized carbons (Fsp3) is 0.385. The van der Waals surface area contributed by atoms with Crippen LogP contribution < -0.4 is 10.6 Å². The van der Waals surface area contributed by atoms with E-state index in [1.165, 1.54) is 0 Å². The van der Waals surface area contributed by atoms with E-state index in [-0.39, 0.29) is 19.4 Å². The van der Waals surface area contributed by atoms with E-state index < -0.39 is 24.0 Å². The third-order valence-corrected chi connectivity index (χ3v) is 2.83. The summed E-state index contributed by atoms with van der Waals surface area (Å²) in [5.41, 5.74) is 1.76. The molecule has 1 heterocycles. The quantitative estimate of drug-likeness (QED) is 0.580. The number of carbonyl (C=O) groups excluding carboxylic acids is 1. The van der Waals surface area contributed by atoms with Gasteiger partial charge in [-0.05, 0) is 30.5 Å². The van der Waals surface area contributed by atoms with E-state index in [1.807, 2.05) is 6.92 Å². The first-order chi connectivity index (χ1) is 9.90. The summed E-state index contributed by atoms with van der Waals surface area (Å²) in [6.07, 6.45) is 2.74. The number of pyridine rings is 1. The van der Waals surface area contributed by atoms with Crippen molar-refractivity contribution in [3.05, 3.63) is 29.6 Å². The Morgan fingerprint density at radius 2 is 2.05 bits per heavy atom. The molecule has 8 nitrogen and oxygen atoms in total. The van der Waals surface area contributed by atoms with Crippen LogP contribution in [0, 0.1) is 6.92 Å². The molecule has 0 bridgehead atoms. The Bertz CT molecular complexity index is 532. The SMILES string of the molecule is Cc1cnccc1CNC(=O)N[C@@H](CCC(=O)O)C(=O)O. The second kappa shape index (κ2) is 7.83. The number of aromatic nitrogens is 1. The smallest absolute Gasteiger partial charge is 0.326 e. The van der Waals surface area contributed by atoms with Crippen molar-refractivity contribution < 1.29 is 24.6 Å². The van der Waals surface area contributed by atoms with Crippen LogP contribution in [-0.2, 0) is 16.1 Å². The maximum absolute atomic E-state index is 11.6. The summed E-state index contributed by atoms with van der Waals surface area (Å²) in [5.74, 6) is -2.39. The average Bonchev–Trinajstić information content (AvgIpc) is 2.42. The molecule has 114 valence electrons. The third kappa shape index (κ3) is 5.89. The van der Waals surface area contributed by atoms with Crippen LogP contribution in [0.5, 0.6) is 0 Å². The van der Waals surface area contributed by atoms with Crippen molar-refractivity contribution in [2.24, 2.45) is 0 Å². The van der Waals surface area contributed by atoms with Crippen LogP contribution in [-0.4, -0.2) is 39.2 Å². The minimum Gasteiger partial charge on any atom is -0.481 e. The summed E-state index contributed by atoms with van der Waals surface area (Å²) in [7, 11) is 0. The van der Waals surface area contributed by atoms with E-state index in [1.54, 1.807) is 18.5 Å². The Balaban J connectivity index is 2.49. The fourth-order valence-corrected chi connectivity index (χ4v) is 1.61. The summed E-state index contributed by atoms with van der Waals surface area (Å²) in [4.78, 5) is 36.9. The predicted octanol–water partition coefficient (Wildman–Crippen LogP) is 0.507. The van der Waals surface area contributed by atoms with Crippen LogP contribution in [0.25, 0.3) is 0 Å². The molecule has 2 amide bonds. The predicted molar refractivity (Wildman–Crippen MR) is 72.6 cm³/mol. The number of aryl methyl sites for hydroxylation is 1. The number of aliphatic carboxylic acids is 2. The lowest BCUT2D eigenvalue weighted by molar-refractivity contribution is -0.140. The molecule has 0 saturated heterocycles. The molecule has 0 aliphatic carbocycles. The highest BCUT2D eigenvalue weighted by atomic mass is 16.4. The van der Waals surface area contributed by atoms with Crippen LogP contribution in [0.3, 0.4) is 0 Å². The Morgan fingerprint density at radius 3 is 2.62 bits per heavy atom. The molecule has 0 fully saturated rings. The molecule has 0 saturated carbocycles. The van der Waals surface area contributed by atoms with Gasteiger partial charge in [-0.1, -0.05) is 0 Å². The molecule has 0 unspecified atom stereocenters. The number of nitrogens with zero attached hydrogens (tertiary/aromatic N) is 1. The van der Waals surface area contributed by atoms with Crippen LogP contribution in [0.4, 0.5) is 4.79 Å². The lowest BCUT2D eigenvalue weighted by Gasteiger charge is -2.14. The molecule has 1 aromatic rings. The van der Waals surface area contributed by atoms with Crippen LogP contribution >= 0.6 is 0 Å². The maximum Gasteiger partial charge on any atom is 0.326 e. The molecule has 4 N–H and O–H groups in total. The van der Waals surface area contributed by atoms with Gasteiger partial charge in [-0.2, -0.15) is 0 Å². The molecule has 21 heavy (non-hydrogen) atoms. The van der Waals surface area contributed by atoms with Gasteiger partial charge in [0.15, 0.2) is 0 Å². The number of urea groups is 1. The minimum atomic E-state index is -1.27. The van der Waals surface area contributed by atoms with E-state index >= 15 is 0 Å². The Labute approximate surface area is 121 Å². The Hall–Kier alpha value is -2.64. The topological polar surface area (TPSA) is 129 Å². The number of carbonyl (C=O) groups is 3. The fourth-order valence-electron chi connectivity index (χ4n) is 1.61. The first-order valence-corrected chi connectivity index (χ1v) is 6.28. The van der Waals surface area contributed by atoms with Gasteiger partial charge in [0.2, 0.25) is 0 Å². The van der Waals surface area contributed by atoms with Crippen molar-refractivity contribution in [1.29, 1.82) is 0 Å². The highest BCUT2D eigenvalue weighted by Crippen LogP contribution is 2.04. The molecular formula is C13H17N3O5. The highest BCUT2D eigenvalue weighted by molar-refractivity contribution is 5.83. The summed E-state index contributed by atoms with van der Waals surface area (Å²) in [6.45, 7) is 2.07. The average molecular weight is 295 g/mol. The Kier molecular flexibility index (Phi) is 6.12. The van der Waals surface area contributed by atoms with Crippen molar-refractivity contribution in [3.8, 4) is 0 Å². The number of hydrogen-bond acceptors (Lipinski definition) is 4. The molecule has 0 aliphatic rings. The zero-order chi connectivity index (χ0) is 15.8. The van der Waals surface area contributed by atoms with Crippen LogP contribution in [0.15, 0.2) is 18.5 Å². The van der Waals surface area contributed by atoms with Crippen molar-refractivity contribution in [2.75, 3.05) is 0 Å². The van der Waals surface area contributed by atoms with Crippen molar-refractivity contribution in [2.45, 2.75) is 32.4 Å². The van der Waals surface area contributed by atoms with E-state index in [2.05, 4.69) is 15.6 Å². The van der Waals surface area contributed by atoms with Gasteiger partial charge in [0.1, 0.15) is 6.04 Å². The summed E-state index contributed by atoms with van der Waals surface area (Å²) in [6, 6.07) is -0.155. The standard InChI is InChI=1S/C13H17N3O5/c1-8-6-14-5-4-9(8)7-15-13(21)16-10(12(19)20)2-3-11(17)18/h4-6,10H,2-3,7H2,1H3,(H,17,18)(H,19,20)(H2,15,16,21)/t10-/m0/s1. The van der Waals surface area contributed by atoms with Crippen molar-refractivity contribution >= 4 is 18.0 Å². The molecule has 0 radical (unpaired) electrons. The number of rotatable bonds is 7. The van der Waals surface area contributed by atoms with E-state index in [0.29, 0.717) is 0 Å². The van der Waals surface area contributed by atoms with Gasteiger partial charge in [-0.3, -0.25) is 9.78 Å². The van der Waals surface area contributed by atoms with Gasteiger partial charge in [-0.25, -0.2) is 9.59 Å². The van der Waals surface area contributed by atoms with E-state index in [9.17, 15) is 14.4 Å². The number of carboxylic acids is 2. The first kappa shape index (κ1) is 16.4.